The molecule has 0 fully saturated rings. The first kappa shape index (κ1) is 11.5. The van der Waals surface area contributed by atoms with Crippen molar-refractivity contribution >= 4 is 5.69 Å². The normalized spacial score (nSPS) is 10.5. The van der Waals surface area contributed by atoms with E-state index in [0.717, 1.165) is 5.56 Å². The van der Waals surface area contributed by atoms with E-state index < -0.39 is 0 Å². The van der Waals surface area contributed by atoms with Gasteiger partial charge in [0.1, 0.15) is 0 Å². The van der Waals surface area contributed by atoms with E-state index in [9.17, 15) is 4.79 Å². The van der Waals surface area contributed by atoms with Gasteiger partial charge >= 0.3 is 0 Å². The van der Waals surface area contributed by atoms with Crippen LogP contribution in [0.1, 0.15) is 16.7 Å². The van der Waals surface area contributed by atoms with Crippen LogP contribution in [0.4, 0.5) is 5.69 Å². The standard InChI is InChI=1S/C14H16N2O/c1-10-3-4-12(7-11(10)2)8-16-9-13(15)5-6-14(16)17/h3-7,9H,8,15H2,1-2H3. The zero-order chi connectivity index (χ0) is 12.4. The highest BCUT2D eigenvalue weighted by Crippen LogP contribution is 2.10. The van der Waals surface area contributed by atoms with Gasteiger partial charge in [0.15, 0.2) is 0 Å². The Hall–Kier alpha value is -2.03. The topological polar surface area (TPSA) is 48.0 Å². The predicted octanol–water partition coefficient (Wildman–Crippen LogP) is 2.10. The van der Waals surface area contributed by atoms with E-state index in [2.05, 4.69) is 26.0 Å². The number of nitrogens with zero attached hydrogens (tertiary/aromatic N) is 1. The van der Waals surface area contributed by atoms with Crippen LogP contribution >= 0.6 is 0 Å². The Bertz CT molecular complexity index is 599. The van der Waals surface area contributed by atoms with Crippen molar-refractivity contribution in [2.24, 2.45) is 0 Å². The number of aromatic nitrogens is 1. The number of pyridine rings is 1. The van der Waals surface area contributed by atoms with Gasteiger partial charge < -0.3 is 10.3 Å². The van der Waals surface area contributed by atoms with Crippen molar-refractivity contribution in [1.82, 2.24) is 4.57 Å². The summed E-state index contributed by atoms with van der Waals surface area (Å²) in [6.45, 7) is 4.71. The lowest BCUT2D eigenvalue weighted by Gasteiger charge is -2.08. The molecule has 88 valence electrons. The smallest absolute Gasteiger partial charge is 0.250 e. The van der Waals surface area contributed by atoms with Crippen LogP contribution in [0.3, 0.4) is 0 Å². The summed E-state index contributed by atoms with van der Waals surface area (Å²) >= 11 is 0. The third-order valence-electron chi connectivity index (χ3n) is 2.93. The summed E-state index contributed by atoms with van der Waals surface area (Å²) in [5.41, 5.74) is 9.86. The molecule has 0 saturated heterocycles. The van der Waals surface area contributed by atoms with Crippen LogP contribution in [0.2, 0.25) is 0 Å². The molecule has 1 aromatic carbocycles. The van der Waals surface area contributed by atoms with Crippen LogP contribution in [0.25, 0.3) is 0 Å². The molecule has 0 bridgehead atoms. The van der Waals surface area contributed by atoms with Gasteiger partial charge in [-0.05, 0) is 36.6 Å². The molecule has 0 radical (unpaired) electrons. The predicted molar refractivity (Wildman–Crippen MR) is 70.1 cm³/mol. The molecule has 1 heterocycles. The molecule has 0 atom stereocenters. The maximum Gasteiger partial charge on any atom is 0.250 e. The van der Waals surface area contributed by atoms with Gasteiger partial charge in [0.25, 0.3) is 5.56 Å². The molecule has 2 N–H and O–H groups in total. The summed E-state index contributed by atoms with van der Waals surface area (Å²) < 4.78 is 1.62. The Kier molecular flexibility index (Phi) is 3.00. The molecular weight excluding hydrogens is 212 g/mol. The van der Waals surface area contributed by atoms with Crippen molar-refractivity contribution in [3.05, 3.63) is 63.6 Å². The fraction of sp³-hybridized carbons (Fsp3) is 0.214. The summed E-state index contributed by atoms with van der Waals surface area (Å²) in [6, 6.07) is 9.33. The van der Waals surface area contributed by atoms with E-state index in [-0.39, 0.29) is 5.56 Å². The van der Waals surface area contributed by atoms with Crippen LogP contribution in [-0.2, 0) is 6.54 Å². The molecule has 0 aliphatic carbocycles. The van der Waals surface area contributed by atoms with Crippen molar-refractivity contribution in [3.8, 4) is 0 Å². The van der Waals surface area contributed by atoms with Gasteiger partial charge in [-0.25, -0.2) is 0 Å². The molecule has 0 spiro atoms. The lowest BCUT2D eigenvalue weighted by Crippen LogP contribution is -2.19. The first-order valence-corrected chi connectivity index (χ1v) is 5.58. The van der Waals surface area contributed by atoms with Crippen LogP contribution in [-0.4, -0.2) is 4.57 Å². The van der Waals surface area contributed by atoms with Crippen molar-refractivity contribution in [3.63, 3.8) is 0 Å². The molecule has 0 aliphatic heterocycles. The van der Waals surface area contributed by atoms with Crippen molar-refractivity contribution in [2.45, 2.75) is 20.4 Å². The molecule has 3 nitrogen and oxygen atoms in total. The fourth-order valence-electron chi connectivity index (χ4n) is 1.77. The molecule has 0 aliphatic rings. The Morgan fingerprint density at radius 2 is 1.88 bits per heavy atom. The Morgan fingerprint density at radius 3 is 2.59 bits per heavy atom. The highest BCUT2D eigenvalue weighted by molar-refractivity contribution is 5.34. The zero-order valence-corrected chi connectivity index (χ0v) is 10.1. The minimum absolute atomic E-state index is 0.0302. The largest absolute Gasteiger partial charge is 0.398 e. The second-order valence-corrected chi connectivity index (χ2v) is 4.35. The number of rotatable bonds is 2. The quantitative estimate of drug-likeness (QED) is 0.855. The second-order valence-electron chi connectivity index (χ2n) is 4.35. The number of nitrogen functional groups attached to an aromatic ring is 1. The molecule has 0 amide bonds. The van der Waals surface area contributed by atoms with Gasteiger partial charge in [-0.3, -0.25) is 4.79 Å². The number of nitrogens with two attached hydrogens (primary N) is 1. The first-order chi connectivity index (χ1) is 8.06. The second kappa shape index (κ2) is 4.45. The summed E-state index contributed by atoms with van der Waals surface area (Å²) in [4.78, 5) is 11.6. The number of hydrogen-bond donors (Lipinski definition) is 1. The van der Waals surface area contributed by atoms with E-state index in [4.69, 9.17) is 5.73 Å². The van der Waals surface area contributed by atoms with Crippen molar-refractivity contribution < 1.29 is 0 Å². The highest BCUT2D eigenvalue weighted by Gasteiger charge is 2.00. The van der Waals surface area contributed by atoms with Gasteiger partial charge in [0.2, 0.25) is 0 Å². The summed E-state index contributed by atoms with van der Waals surface area (Å²) in [5, 5.41) is 0. The first-order valence-electron chi connectivity index (χ1n) is 5.58. The SMILES string of the molecule is Cc1ccc(Cn2cc(N)ccc2=O)cc1C. The molecule has 3 heteroatoms. The molecule has 2 aromatic rings. The van der Waals surface area contributed by atoms with Gasteiger partial charge in [-0.2, -0.15) is 0 Å². The minimum atomic E-state index is -0.0302. The van der Waals surface area contributed by atoms with E-state index in [0.29, 0.717) is 12.2 Å². The average Bonchev–Trinajstić information content (AvgIpc) is 2.29. The van der Waals surface area contributed by atoms with Crippen LogP contribution < -0.4 is 11.3 Å². The summed E-state index contributed by atoms with van der Waals surface area (Å²) in [7, 11) is 0. The maximum atomic E-state index is 11.6. The van der Waals surface area contributed by atoms with E-state index >= 15 is 0 Å². The summed E-state index contributed by atoms with van der Waals surface area (Å²) in [5.74, 6) is 0. The van der Waals surface area contributed by atoms with Crippen molar-refractivity contribution in [2.75, 3.05) is 5.73 Å². The lowest BCUT2D eigenvalue weighted by atomic mass is 10.1. The highest BCUT2D eigenvalue weighted by atomic mass is 16.1. The van der Waals surface area contributed by atoms with E-state index in [1.165, 1.54) is 17.2 Å². The summed E-state index contributed by atoms with van der Waals surface area (Å²) in [6.07, 6.45) is 1.68. The molecule has 1 aromatic heterocycles. The van der Waals surface area contributed by atoms with Crippen molar-refractivity contribution in [1.29, 1.82) is 0 Å². The van der Waals surface area contributed by atoms with Crippen LogP contribution in [0, 0.1) is 13.8 Å². The zero-order valence-electron chi connectivity index (χ0n) is 10.1. The molecular formula is C14H16N2O. The van der Waals surface area contributed by atoms with Gasteiger partial charge in [-0.1, -0.05) is 18.2 Å². The number of hydrogen-bond acceptors (Lipinski definition) is 2. The molecule has 17 heavy (non-hydrogen) atoms. The van der Waals surface area contributed by atoms with Gasteiger partial charge in [0, 0.05) is 18.0 Å². The van der Waals surface area contributed by atoms with Crippen LogP contribution in [0.15, 0.2) is 41.3 Å². The number of benzene rings is 1. The molecule has 2 rings (SSSR count). The van der Waals surface area contributed by atoms with E-state index in [1.807, 2.05) is 6.07 Å². The third-order valence-corrected chi connectivity index (χ3v) is 2.93. The average molecular weight is 228 g/mol. The maximum absolute atomic E-state index is 11.6. The Morgan fingerprint density at radius 1 is 1.12 bits per heavy atom. The van der Waals surface area contributed by atoms with Gasteiger partial charge in [0.05, 0.1) is 6.54 Å². The third kappa shape index (κ3) is 2.56. The Balaban J connectivity index is 2.34. The lowest BCUT2D eigenvalue weighted by molar-refractivity contribution is 0.760. The number of anilines is 1. The van der Waals surface area contributed by atoms with Crippen LogP contribution in [0.5, 0.6) is 0 Å². The fourth-order valence-corrected chi connectivity index (χ4v) is 1.77. The molecule has 0 unspecified atom stereocenters. The minimum Gasteiger partial charge on any atom is -0.398 e. The molecule has 0 saturated carbocycles. The monoisotopic (exact) mass is 228 g/mol. The number of aryl methyl sites for hydroxylation is 2. The van der Waals surface area contributed by atoms with Gasteiger partial charge in [-0.15, -0.1) is 0 Å². The Labute approximate surface area is 101 Å². The van der Waals surface area contributed by atoms with E-state index in [1.54, 1.807) is 16.8 Å².